The molecule has 18 heavy (non-hydrogen) atoms. The highest BCUT2D eigenvalue weighted by molar-refractivity contribution is 5.85. The van der Waals surface area contributed by atoms with E-state index in [9.17, 15) is 0 Å². The summed E-state index contributed by atoms with van der Waals surface area (Å²) in [5.74, 6) is 0.923. The molecule has 0 amide bonds. The van der Waals surface area contributed by atoms with Gasteiger partial charge < -0.3 is 15.0 Å². The van der Waals surface area contributed by atoms with Gasteiger partial charge in [-0.3, -0.25) is 0 Å². The molecule has 1 heterocycles. The second-order valence-corrected chi connectivity index (χ2v) is 4.84. The Hall–Kier alpha value is -0.640. The van der Waals surface area contributed by atoms with Crippen molar-refractivity contribution in [2.75, 3.05) is 31.6 Å². The number of anilines is 1. The average Bonchev–Trinajstić information content (AvgIpc) is 2.28. The third-order valence-corrected chi connectivity index (χ3v) is 3.17. The van der Waals surface area contributed by atoms with Crippen LogP contribution in [0.15, 0.2) is 24.3 Å². The Labute approximate surface area is 122 Å². The Morgan fingerprint density at radius 2 is 2.00 bits per heavy atom. The van der Waals surface area contributed by atoms with Gasteiger partial charge in [-0.25, -0.2) is 0 Å². The molecular weight excluding hydrogens is 271 g/mol. The minimum absolute atomic E-state index is 0. The van der Waals surface area contributed by atoms with E-state index in [1.807, 2.05) is 12.1 Å². The number of piperazine rings is 1. The van der Waals surface area contributed by atoms with E-state index in [4.69, 9.17) is 4.74 Å². The van der Waals surface area contributed by atoms with Gasteiger partial charge in [-0.1, -0.05) is 6.07 Å². The first-order chi connectivity index (χ1) is 7.63. The normalized spacial score (nSPS) is 17.4. The van der Waals surface area contributed by atoms with Gasteiger partial charge in [0.1, 0.15) is 5.75 Å². The molecule has 1 aromatic rings. The number of nitrogens with one attached hydrogen (secondary N) is 1. The van der Waals surface area contributed by atoms with Crippen LogP contribution in [0.5, 0.6) is 5.75 Å². The quantitative estimate of drug-likeness (QED) is 0.907. The first-order valence-electron chi connectivity index (χ1n) is 5.76. The molecule has 1 N–H and O–H groups in total. The van der Waals surface area contributed by atoms with Crippen molar-refractivity contribution in [1.29, 1.82) is 0 Å². The molecule has 0 radical (unpaired) electrons. The van der Waals surface area contributed by atoms with Gasteiger partial charge in [-0.05, 0) is 26.0 Å². The Morgan fingerprint density at radius 3 is 2.61 bits per heavy atom. The van der Waals surface area contributed by atoms with Crippen LogP contribution >= 0.6 is 24.8 Å². The number of rotatable bonds is 2. The zero-order valence-corrected chi connectivity index (χ0v) is 12.7. The minimum Gasteiger partial charge on any atom is -0.497 e. The lowest BCUT2D eigenvalue weighted by molar-refractivity contribution is 0.379. The van der Waals surface area contributed by atoms with Crippen molar-refractivity contribution in [1.82, 2.24) is 5.32 Å². The highest BCUT2D eigenvalue weighted by Crippen LogP contribution is 2.28. The van der Waals surface area contributed by atoms with Gasteiger partial charge in [0.15, 0.2) is 0 Å². The highest BCUT2D eigenvalue weighted by atomic mass is 35.5. The highest BCUT2D eigenvalue weighted by Gasteiger charge is 2.29. The summed E-state index contributed by atoms with van der Waals surface area (Å²) in [6, 6.07) is 8.29. The second kappa shape index (κ2) is 7.07. The summed E-state index contributed by atoms with van der Waals surface area (Å²) in [5.41, 5.74) is 1.40. The molecule has 1 saturated heterocycles. The minimum atomic E-state index is 0. The summed E-state index contributed by atoms with van der Waals surface area (Å²) in [6.07, 6.45) is 0. The van der Waals surface area contributed by atoms with Crippen LogP contribution in [0.4, 0.5) is 5.69 Å². The zero-order valence-electron chi connectivity index (χ0n) is 11.1. The van der Waals surface area contributed by atoms with E-state index in [1.165, 1.54) is 5.69 Å². The first-order valence-corrected chi connectivity index (χ1v) is 5.76. The third-order valence-electron chi connectivity index (χ3n) is 3.17. The second-order valence-electron chi connectivity index (χ2n) is 4.84. The van der Waals surface area contributed by atoms with Crippen LogP contribution in [0.25, 0.3) is 0 Å². The maximum atomic E-state index is 5.27. The fourth-order valence-corrected chi connectivity index (χ4v) is 2.24. The van der Waals surface area contributed by atoms with Gasteiger partial charge in [0.25, 0.3) is 0 Å². The predicted octanol–water partition coefficient (Wildman–Crippen LogP) is 2.73. The number of methoxy groups -OCH3 is 1. The largest absolute Gasteiger partial charge is 0.497 e. The summed E-state index contributed by atoms with van der Waals surface area (Å²) in [7, 11) is 1.71. The van der Waals surface area contributed by atoms with Crippen LogP contribution in [-0.4, -0.2) is 32.3 Å². The Morgan fingerprint density at radius 1 is 1.28 bits per heavy atom. The number of hydrogen-bond donors (Lipinski definition) is 1. The van der Waals surface area contributed by atoms with E-state index < -0.39 is 0 Å². The number of hydrogen-bond acceptors (Lipinski definition) is 3. The molecule has 1 aliphatic rings. The van der Waals surface area contributed by atoms with Crippen molar-refractivity contribution >= 4 is 30.5 Å². The maximum Gasteiger partial charge on any atom is 0.120 e. The maximum absolute atomic E-state index is 5.27. The van der Waals surface area contributed by atoms with Crippen molar-refractivity contribution in [2.45, 2.75) is 19.4 Å². The summed E-state index contributed by atoms with van der Waals surface area (Å²) in [6.45, 7) is 7.63. The first kappa shape index (κ1) is 17.4. The van der Waals surface area contributed by atoms with E-state index in [2.05, 4.69) is 36.2 Å². The van der Waals surface area contributed by atoms with Crippen molar-refractivity contribution in [3.05, 3.63) is 24.3 Å². The summed E-state index contributed by atoms with van der Waals surface area (Å²) < 4.78 is 5.27. The number of benzene rings is 1. The van der Waals surface area contributed by atoms with Gasteiger partial charge in [-0.15, -0.1) is 24.8 Å². The molecule has 1 aliphatic heterocycles. The fraction of sp³-hybridized carbons (Fsp3) is 0.538. The zero-order chi connectivity index (χ0) is 11.6. The molecule has 0 aliphatic carbocycles. The van der Waals surface area contributed by atoms with Gasteiger partial charge >= 0.3 is 0 Å². The molecule has 5 heteroatoms. The van der Waals surface area contributed by atoms with Gasteiger partial charge in [-0.2, -0.15) is 0 Å². The predicted molar refractivity (Wildman–Crippen MR) is 81.8 cm³/mol. The number of nitrogens with zero attached hydrogens (tertiary/aromatic N) is 1. The van der Waals surface area contributed by atoms with E-state index in [0.29, 0.717) is 0 Å². The molecule has 0 unspecified atom stereocenters. The summed E-state index contributed by atoms with van der Waals surface area (Å²) >= 11 is 0. The number of halogens is 2. The van der Waals surface area contributed by atoms with Crippen molar-refractivity contribution in [3.63, 3.8) is 0 Å². The summed E-state index contributed by atoms with van der Waals surface area (Å²) in [4.78, 5) is 2.44. The average molecular weight is 293 g/mol. The van der Waals surface area contributed by atoms with Crippen LogP contribution in [0, 0.1) is 0 Å². The molecule has 0 aromatic heterocycles. The molecule has 1 aromatic carbocycles. The van der Waals surface area contributed by atoms with Crippen LogP contribution in [0.3, 0.4) is 0 Å². The standard InChI is InChI=1S/C13H20N2O.2ClH/c1-13(2)10-14-7-8-15(13)11-5-4-6-12(9-11)16-3;;/h4-6,9,14H,7-8,10H2,1-3H3;2*1H. The van der Waals surface area contributed by atoms with Gasteiger partial charge in [0, 0.05) is 36.9 Å². The number of ether oxygens (including phenoxy) is 1. The fourth-order valence-electron chi connectivity index (χ4n) is 2.24. The Kier molecular flexibility index (Phi) is 6.82. The monoisotopic (exact) mass is 292 g/mol. The van der Waals surface area contributed by atoms with Crippen molar-refractivity contribution < 1.29 is 4.74 Å². The molecule has 104 valence electrons. The summed E-state index contributed by atoms with van der Waals surface area (Å²) in [5, 5.41) is 3.43. The van der Waals surface area contributed by atoms with Crippen LogP contribution in [0.1, 0.15) is 13.8 Å². The van der Waals surface area contributed by atoms with Gasteiger partial charge in [0.05, 0.1) is 7.11 Å². The molecule has 0 atom stereocenters. The molecule has 0 bridgehead atoms. The Bertz CT molecular complexity index is 372. The lowest BCUT2D eigenvalue weighted by Gasteiger charge is -2.44. The van der Waals surface area contributed by atoms with E-state index >= 15 is 0 Å². The lowest BCUT2D eigenvalue weighted by atomic mass is 9.99. The molecule has 3 nitrogen and oxygen atoms in total. The third kappa shape index (κ3) is 3.67. The van der Waals surface area contributed by atoms with Crippen molar-refractivity contribution in [2.24, 2.45) is 0 Å². The molecule has 0 spiro atoms. The van der Waals surface area contributed by atoms with Crippen LogP contribution in [-0.2, 0) is 0 Å². The SMILES string of the molecule is COc1cccc(N2CCNCC2(C)C)c1.Cl.Cl. The van der Waals surface area contributed by atoms with Crippen molar-refractivity contribution in [3.8, 4) is 5.75 Å². The van der Waals surface area contributed by atoms with E-state index in [-0.39, 0.29) is 30.4 Å². The molecule has 0 saturated carbocycles. The van der Waals surface area contributed by atoms with Gasteiger partial charge in [0.2, 0.25) is 0 Å². The topological polar surface area (TPSA) is 24.5 Å². The Balaban J connectivity index is 0.00000144. The van der Waals surface area contributed by atoms with E-state index in [1.54, 1.807) is 7.11 Å². The van der Waals surface area contributed by atoms with Crippen LogP contribution < -0.4 is 15.0 Å². The van der Waals surface area contributed by atoms with Crippen LogP contribution in [0.2, 0.25) is 0 Å². The molecular formula is C13H22Cl2N2O. The molecule has 2 rings (SSSR count). The lowest BCUT2D eigenvalue weighted by Crippen LogP contribution is -2.58. The molecule has 1 fully saturated rings. The smallest absolute Gasteiger partial charge is 0.120 e. The van der Waals surface area contributed by atoms with E-state index in [0.717, 1.165) is 25.4 Å².